The third-order valence-corrected chi connectivity index (χ3v) is 5.93. The molecule has 1 aromatic heterocycles. The summed E-state index contributed by atoms with van der Waals surface area (Å²) < 4.78 is 41.0. The quantitative estimate of drug-likeness (QED) is 0.358. The molecule has 0 aliphatic carbocycles. The number of ether oxygens (including phenoxy) is 3. The second-order valence-corrected chi connectivity index (χ2v) is 8.45. The zero-order chi connectivity index (χ0) is 24.0. The first-order chi connectivity index (χ1) is 15.8. The lowest BCUT2D eigenvalue weighted by Crippen LogP contribution is -2.43. The number of hydrogen-bond donors (Lipinski definition) is 2. The lowest BCUT2D eigenvalue weighted by Gasteiger charge is -2.17. The van der Waals surface area contributed by atoms with Gasteiger partial charge in [-0.15, -0.1) is 5.17 Å². The molecule has 10 nitrogen and oxygen atoms in total. The number of methoxy groups -OCH3 is 3. The predicted molar refractivity (Wildman–Crippen MR) is 118 cm³/mol. The van der Waals surface area contributed by atoms with Gasteiger partial charge in [-0.1, -0.05) is 35.2 Å². The van der Waals surface area contributed by atoms with E-state index >= 15 is 0 Å². The van der Waals surface area contributed by atoms with E-state index in [2.05, 4.69) is 4.98 Å². The lowest BCUT2D eigenvalue weighted by molar-refractivity contribution is -0.0761. The number of nitrogens with zero attached hydrogens (tertiary/aromatic N) is 2. The molecule has 0 aliphatic heterocycles. The van der Waals surface area contributed by atoms with E-state index < -0.39 is 15.9 Å². The van der Waals surface area contributed by atoms with Gasteiger partial charge in [-0.2, -0.15) is 4.98 Å². The number of amides is 1. The van der Waals surface area contributed by atoms with Crippen LogP contribution in [0.25, 0.3) is 0 Å². The van der Waals surface area contributed by atoms with Crippen molar-refractivity contribution in [3.8, 4) is 17.5 Å². The van der Waals surface area contributed by atoms with Crippen LogP contribution in [0.4, 0.5) is 0 Å². The summed E-state index contributed by atoms with van der Waals surface area (Å²) in [7, 11) is -0.146. The Morgan fingerprint density at radius 3 is 2.18 bits per heavy atom. The van der Waals surface area contributed by atoms with Crippen LogP contribution >= 0.6 is 0 Å². The van der Waals surface area contributed by atoms with E-state index in [-0.39, 0.29) is 27.4 Å². The van der Waals surface area contributed by atoms with Crippen LogP contribution < -0.4 is 19.0 Å². The molecule has 0 spiro atoms. The first-order valence-corrected chi connectivity index (χ1v) is 11.1. The Morgan fingerprint density at radius 1 is 0.970 bits per heavy atom. The number of hydrogen-bond acceptors (Lipinski definition) is 8. The highest BCUT2D eigenvalue weighted by atomic mass is 32.2. The highest BCUT2D eigenvalue weighted by Crippen LogP contribution is 2.25. The largest absolute Gasteiger partial charge is 0.496 e. The number of carbonyl (C=O) groups is 1. The van der Waals surface area contributed by atoms with Gasteiger partial charge in [0.1, 0.15) is 5.75 Å². The average molecular weight is 474 g/mol. The first kappa shape index (κ1) is 24.0. The maximum Gasteiger partial charge on any atom is 0.293 e. The Bertz CT molecular complexity index is 1210. The summed E-state index contributed by atoms with van der Waals surface area (Å²) >= 11 is 0. The minimum absolute atomic E-state index is 0.0506. The highest BCUT2D eigenvalue weighted by molar-refractivity contribution is 7.89. The van der Waals surface area contributed by atoms with E-state index in [9.17, 15) is 18.4 Å². The molecular weight excluding hydrogens is 450 g/mol. The predicted octanol–water partition coefficient (Wildman–Crippen LogP) is 2.42. The molecule has 1 amide bonds. The Morgan fingerprint density at radius 2 is 1.61 bits per heavy atom. The van der Waals surface area contributed by atoms with Crippen molar-refractivity contribution in [2.75, 3.05) is 21.3 Å². The summed E-state index contributed by atoms with van der Waals surface area (Å²) in [6.07, 6.45) is 0.422. The topological polar surface area (TPSA) is 127 Å². The number of pyridine rings is 1. The van der Waals surface area contributed by atoms with Crippen LogP contribution in [-0.4, -0.2) is 51.0 Å². The second-order valence-electron chi connectivity index (χ2n) is 6.79. The van der Waals surface area contributed by atoms with Crippen LogP contribution in [0.2, 0.25) is 0 Å². The first-order valence-electron chi connectivity index (χ1n) is 9.64. The van der Waals surface area contributed by atoms with Crippen molar-refractivity contribution >= 4 is 15.9 Å². The molecule has 0 fully saturated rings. The van der Waals surface area contributed by atoms with Gasteiger partial charge in [-0.3, -0.25) is 10.0 Å². The van der Waals surface area contributed by atoms with Crippen molar-refractivity contribution in [2.24, 2.45) is 0 Å². The molecule has 0 atom stereocenters. The summed E-state index contributed by atoms with van der Waals surface area (Å²) in [5, 5.41) is 10.0. The van der Waals surface area contributed by atoms with Crippen LogP contribution in [-0.2, 0) is 16.4 Å². The minimum atomic E-state index is -4.31. The standard InChI is InChI=1S/C22H23N3O7S/c1-30-19-10-9-18(12-16(19)11-15-7-5-4-6-8-15)33(28,29)24-25(27)22(26)17-13-20(31-2)23-21(14-17)32-3/h4-10,12-14,24,27H,11H2,1-3H3. The number of nitrogens with one attached hydrogen (secondary N) is 1. The molecule has 33 heavy (non-hydrogen) atoms. The third-order valence-electron chi connectivity index (χ3n) is 4.64. The number of carbonyl (C=O) groups excluding carboxylic acids is 1. The lowest BCUT2D eigenvalue weighted by atomic mass is 10.0. The highest BCUT2D eigenvalue weighted by Gasteiger charge is 2.24. The summed E-state index contributed by atoms with van der Waals surface area (Å²) in [5.41, 5.74) is 1.47. The SMILES string of the molecule is COc1cc(C(=O)N(O)NS(=O)(=O)c2ccc(OC)c(Cc3ccccc3)c2)cc(OC)n1. The Kier molecular flexibility index (Phi) is 7.48. The van der Waals surface area contributed by atoms with Crippen LogP contribution in [0.5, 0.6) is 17.5 Å². The van der Waals surface area contributed by atoms with Gasteiger partial charge in [0.05, 0.1) is 31.8 Å². The number of benzene rings is 2. The maximum atomic E-state index is 12.9. The van der Waals surface area contributed by atoms with Gasteiger partial charge in [0.15, 0.2) is 0 Å². The Labute approximate surface area is 191 Å². The van der Waals surface area contributed by atoms with E-state index in [0.717, 1.165) is 5.56 Å². The van der Waals surface area contributed by atoms with E-state index in [1.165, 1.54) is 51.7 Å². The molecule has 0 radical (unpaired) electrons. The van der Waals surface area contributed by atoms with Gasteiger partial charge in [-0.25, -0.2) is 8.42 Å². The molecule has 174 valence electrons. The smallest absolute Gasteiger partial charge is 0.293 e. The monoisotopic (exact) mass is 473 g/mol. The number of sulfonamides is 1. The van der Waals surface area contributed by atoms with Crippen molar-refractivity contribution in [3.05, 3.63) is 77.4 Å². The molecule has 2 N–H and O–H groups in total. The molecule has 0 bridgehead atoms. The normalized spacial score (nSPS) is 11.0. The molecule has 0 saturated carbocycles. The fraction of sp³-hybridized carbons (Fsp3) is 0.182. The fourth-order valence-electron chi connectivity index (χ4n) is 3.02. The molecule has 2 aromatic carbocycles. The molecule has 1 heterocycles. The zero-order valence-corrected chi connectivity index (χ0v) is 19.0. The van der Waals surface area contributed by atoms with Crippen LogP contribution in [0.1, 0.15) is 21.5 Å². The number of hydroxylamine groups is 1. The Hall–Kier alpha value is -3.67. The Balaban J connectivity index is 1.85. The summed E-state index contributed by atoms with van der Waals surface area (Å²) in [6.45, 7) is 0. The van der Waals surface area contributed by atoms with Crippen molar-refractivity contribution in [2.45, 2.75) is 11.3 Å². The van der Waals surface area contributed by atoms with Crippen LogP contribution in [0.3, 0.4) is 0 Å². The van der Waals surface area contributed by atoms with E-state index in [1.807, 2.05) is 35.2 Å². The summed E-state index contributed by atoms with van der Waals surface area (Å²) in [6, 6.07) is 16.2. The van der Waals surface area contributed by atoms with Crippen molar-refractivity contribution < 1.29 is 32.6 Å². The van der Waals surface area contributed by atoms with Crippen molar-refractivity contribution in [1.82, 2.24) is 15.0 Å². The molecule has 0 aliphatic rings. The summed E-state index contributed by atoms with van der Waals surface area (Å²) in [4.78, 5) is 18.2. The van der Waals surface area contributed by atoms with Gasteiger partial charge >= 0.3 is 0 Å². The van der Waals surface area contributed by atoms with E-state index in [4.69, 9.17) is 14.2 Å². The fourth-order valence-corrected chi connectivity index (χ4v) is 3.98. The van der Waals surface area contributed by atoms with Gasteiger partial charge in [0, 0.05) is 18.6 Å². The maximum absolute atomic E-state index is 12.9. The molecule has 3 aromatic rings. The summed E-state index contributed by atoms with van der Waals surface area (Å²) in [5.74, 6) is -0.453. The van der Waals surface area contributed by atoms with Crippen LogP contribution in [0.15, 0.2) is 65.6 Å². The van der Waals surface area contributed by atoms with Gasteiger partial charge in [-0.05, 0) is 29.3 Å². The van der Waals surface area contributed by atoms with E-state index in [0.29, 0.717) is 17.7 Å². The second kappa shape index (κ2) is 10.3. The van der Waals surface area contributed by atoms with E-state index in [1.54, 1.807) is 0 Å². The van der Waals surface area contributed by atoms with Gasteiger partial charge < -0.3 is 14.2 Å². The average Bonchev–Trinajstić information content (AvgIpc) is 2.83. The minimum Gasteiger partial charge on any atom is -0.496 e. The molecular formula is C22H23N3O7S. The van der Waals surface area contributed by atoms with Gasteiger partial charge in [0.2, 0.25) is 11.8 Å². The molecule has 3 rings (SSSR count). The number of aromatic nitrogens is 1. The zero-order valence-electron chi connectivity index (χ0n) is 18.2. The van der Waals surface area contributed by atoms with Crippen molar-refractivity contribution in [1.29, 1.82) is 0 Å². The number of rotatable bonds is 9. The molecule has 11 heteroatoms. The molecule has 0 saturated heterocycles. The van der Waals surface area contributed by atoms with Crippen LogP contribution in [0, 0.1) is 0 Å². The number of hydrazine groups is 1. The van der Waals surface area contributed by atoms with Gasteiger partial charge in [0.25, 0.3) is 15.9 Å². The molecule has 0 unspecified atom stereocenters. The van der Waals surface area contributed by atoms with Crippen molar-refractivity contribution in [3.63, 3.8) is 0 Å². The third kappa shape index (κ3) is 5.77.